The van der Waals surface area contributed by atoms with Gasteiger partial charge in [0.2, 0.25) is 0 Å². The monoisotopic (exact) mass is 234 g/mol. The van der Waals surface area contributed by atoms with Gasteiger partial charge in [-0.05, 0) is 37.7 Å². The van der Waals surface area contributed by atoms with Crippen molar-refractivity contribution in [3.8, 4) is 11.4 Å². The van der Waals surface area contributed by atoms with Crippen LogP contribution in [0.1, 0.15) is 26.3 Å². The fraction of sp³-hybridized carbons (Fsp3) is 0.364. The average Bonchev–Trinajstić information content (AvgIpc) is 2.71. The highest BCUT2D eigenvalue weighted by atomic mass is 32.1. The highest BCUT2D eigenvalue weighted by Crippen LogP contribution is 2.21. The van der Waals surface area contributed by atoms with Gasteiger partial charge in [0.1, 0.15) is 0 Å². The van der Waals surface area contributed by atoms with Crippen molar-refractivity contribution in [3.05, 3.63) is 29.3 Å². The van der Waals surface area contributed by atoms with E-state index in [0.717, 1.165) is 17.8 Å². The Hall–Kier alpha value is -1.49. The van der Waals surface area contributed by atoms with Crippen LogP contribution in [0.15, 0.2) is 24.5 Å². The minimum absolute atomic E-state index is 0.342. The van der Waals surface area contributed by atoms with E-state index in [0.29, 0.717) is 10.8 Å². The van der Waals surface area contributed by atoms with Crippen molar-refractivity contribution in [1.82, 2.24) is 19.7 Å². The maximum Gasteiger partial charge on any atom is 0.195 e. The van der Waals surface area contributed by atoms with Gasteiger partial charge in [-0.3, -0.25) is 14.6 Å². The third-order valence-electron chi connectivity index (χ3n) is 2.67. The van der Waals surface area contributed by atoms with Gasteiger partial charge in [-0.2, -0.15) is 5.10 Å². The Balaban J connectivity index is 2.55. The van der Waals surface area contributed by atoms with Crippen LogP contribution in [0.3, 0.4) is 0 Å². The second-order valence-electron chi connectivity index (χ2n) is 3.72. The third-order valence-corrected chi connectivity index (χ3v) is 2.96. The molecule has 1 atom stereocenters. The van der Waals surface area contributed by atoms with Crippen LogP contribution in [-0.2, 0) is 0 Å². The predicted molar refractivity (Wildman–Crippen MR) is 65.6 cm³/mol. The van der Waals surface area contributed by atoms with Gasteiger partial charge >= 0.3 is 0 Å². The molecule has 16 heavy (non-hydrogen) atoms. The number of nitrogens with one attached hydrogen (secondary N) is 1. The van der Waals surface area contributed by atoms with E-state index in [1.807, 2.05) is 16.7 Å². The van der Waals surface area contributed by atoms with E-state index in [1.54, 1.807) is 12.4 Å². The molecule has 0 amide bonds. The van der Waals surface area contributed by atoms with Crippen LogP contribution < -0.4 is 0 Å². The summed E-state index contributed by atoms with van der Waals surface area (Å²) in [5.74, 6) is 0.877. The molecular formula is C11H14N4S. The van der Waals surface area contributed by atoms with Gasteiger partial charge in [0.05, 0.1) is 0 Å². The van der Waals surface area contributed by atoms with Crippen LogP contribution >= 0.6 is 12.2 Å². The van der Waals surface area contributed by atoms with Gasteiger partial charge in [0.25, 0.3) is 0 Å². The molecule has 2 rings (SSSR count). The number of aromatic amines is 1. The number of nitrogens with zero attached hydrogens (tertiary/aromatic N) is 3. The van der Waals surface area contributed by atoms with Gasteiger partial charge in [-0.25, -0.2) is 0 Å². The Labute approximate surface area is 99.4 Å². The van der Waals surface area contributed by atoms with Crippen LogP contribution in [0.5, 0.6) is 0 Å². The van der Waals surface area contributed by atoms with E-state index < -0.39 is 0 Å². The molecule has 84 valence electrons. The standard InChI is InChI=1S/C11H14N4S/c1-3-8(2)15-10(13-14-11(15)16)9-4-6-12-7-5-9/h4-8H,3H2,1-2H3,(H,14,16)/t8-/m0/s1. The van der Waals surface area contributed by atoms with Gasteiger partial charge < -0.3 is 0 Å². The summed E-state index contributed by atoms with van der Waals surface area (Å²) in [5.41, 5.74) is 1.03. The van der Waals surface area contributed by atoms with Gasteiger partial charge in [0.15, 0.2) is 10.6 Å². The third kappa shape index (κ3) is 1.90. The molecule has 2 aromatic heterocycles. The minimum atomic E-state index is 0.342. The predicted octanol–water partition coefficient (Wildman–Crippen LogP) is 2.97. The number of hydrogen-bond acceptors (Lipinski definition) is 3. The summed E-state index contributed by atoms with van der Waals surface area (Å²) in [5, 5.41) is 7.12. The molecule has 0 spiro atoms. The Kier molecular flexibility index (Phi) is 3.14. The van der Waals surface area contributed by atoms with Crippen LogP contribution in [0.4, 0.5) is 0 Å². The van der Waals surface area contributed by atoms with Gasteiger partial charge in [-0.1, -0.05) is 6.92 Å². The molecular weight excluding hydrogens is 220 g/mol. The number of rotatable bonds is 3. The van der Waals surface area contributed by atoms with Crippen molar-refractivity contribution in [2.75, 3.05) is 0 Å². The Morgan fingerprint density at radius 2 is 2.12 bits per heavy atom. The lowest BCUT2D eigenvalue weighted by atomic mass is 10.2. The average molecular weight is 234 g/mol. The molecule has 0 aliphatic carbocycles. The first-order valence-corrected chi connectivity index (χ1v) is 5.72. The second kappa shape index (κ2) is 4.57. The molecule has 0 saturated heterocycles. The van der Waals surface area contributed by atoms with E-state index >= 15 is 0 Å². The molecule has 0 saturated carbocycles. The first-order chi connectivity index (χ1) is 7.74. The lowest BCUT2D eigenvalue weighted by molar-refractivity contribution is 0.528. The molecule has 2 aromatic rings. The van der Waals surface area contributed by atoms with Crippen molar-refractivity contribution in [2.24, 2.45) is 0 Å². The Bertz CT molecular complexity index is 514. The first-order valence-electron chi connectivity index (χ1n) is 5.31. The fourth-order valence-corrected chi connectivity index (χ4v) is 1.91. The zero-order valence-corrected chi connectivity index (χ0v) is 10.2. The smallest absolute Gasteiger partial charge is 0.195 e. The zero-order chi connectivity index (χ0) is 11.5. The SMILES string of the molecule is CC[C@H](C)n1c(-c2ccncc2)n[nH]c1=S. The quantitative estimate of drug-likeness (QED) is 0.830. The summed E-state index contributed by atoms with van der Waals surface area (Å²) in [4.78, 5) is 4.00. The molecule has 0 radical (unpaired) electrons. The number of H-pyrrole nitrogens is 1. The van der Waals surface area contributed by atoms with Gasteiger partial charge in [-0.15, -0.1) is 0 Å². The lowest BCUT2D eigenvalue weighted by Gasteiger charge is -2.12. The highest BCUT2D eigenvalue weighted by Gasteiger charge is 2.12. The molecule has 1 N–H and O–H groups in total. The molecule has 0 unspecified atom stereocenters. The molecule has 2 heterocycles. The second-order valence-corrected chi connectivity index (χ2v) is 4.10. The zero-order valence-electron chi connectivity index (χ0n) is 9.34. The molecule has 0 aliphatic heterocycles. The summed E-state index contributed by atoms with van der Waals surface area (Å²) in [6, 6.07) is 4.21. The Morgan fingerprint density at radius 1 is 1.44 bits per heavy atom. The molecule has 0 aromatic carbocycles. The van der Waals surface area contributed by atoms with E-state index in [1.165, 1.54) is 0 Å². The van der Waals surface area contributed by atoms with Crippen LogP contribution in [0.2, 0.25) is 0 Å². The lowest BCUT2D eigenvalue weighted by Crippen LogP contribution is -2.06. The van der Waals surface area contributed by atoms with Crippen LogP contribution in [0.25, 0.3) is 11.4 Å². The highest BCUT2D eigenvalue weighted by molar-refractivity contribution is 7.71. The van der Waals surface area contributed by atoms with Gasteiger partial charge in [0, 0.05) is 24.0 Å². The summed E-state index contributed by atoms with van der Waals surface area (Å²) in [6.07, 6.45) is 4.54. The normalized spacial score (nSPS) is 12.6. The maximum atomic E-state index is 5.24. The molecule has 0 fully saturated rings. The summed E-state index contributed by atoms with van der Waals surface area (Å²) in [7, 11) is 0. The summed E-state index contributed by atoms with van der Waals surface area (Å²) >= 11 is 5.24. The van der Waals surface area contributed by atoms with E-state index in [4.69, 9.17) is 12.2 Å². The van der Waals surface area contributed by atoms with Crippen molar-refractivity contribution < 1.29 is 0 Å². The largest absolute Gasteiger partial charge is 0.297 e. The first kappa shape index (κ1) is 11.0. The summed E-state index contributed by atoms with van der Waals surface area (Å²) in [6.45, 7) is 4.27. The molecule has 0 aliphatic rings. The summed E-state index contributed by atoms with van der Waals surface area (Å²) < 4.78 is 2.71. The molecule has 0 bridgehead atoms. The fourth-order valence-electron chi connectivity index (χ4n) is 1.60. The number of aromatic nitrogens is 4. The van der Waals surface area contributed by atoms with E-state index in [2.05, 4.69) is 29.0 Å². The van der Waals surface area contributed by atoms with Crippen LogP contribution in [-0.4, -0.2) is 19.7 Å². The number of hydrogen-bond donors (Lipinski definition) is 1. The van der Waals surface area contributed by atoms with Crippen molar-refractivity contribution in [1.29, 1.82) is 0 Å². The van der Waals surface area contributed by atoms with Crippen molar-refractivity contribution in [3.63, 3.8) is 0 Å². The van der Waals surface area contributed by atoms with E-state index in [-0.39, 0.29) is 0 Å². The minimum Gasteiger partial charge on any atom is -0.297 e. The maximum absolute atomic E-state index is 5.24. The van der Waals surface area contributed by atoms with Crippen LogP contribution in [0, 0.1) is 4.77 Å². The topological polar surface area (TPSA) is 46.5 Å². The number of pyridine rings is 1. The van der Waals surface area contributed by atoms with Crippen molar-refractivity contribution in [2.45, 2.75) is 26.3 Å². The Morgan fingerprint density at radius 3 is 2.75 bits per heavy atom. The molecule has 4 nitrogen and oxygen atoms in total. The molecule has 5 heteroatoms. The van der Waals surface area contributed by atoms with E-state index in [9.17, 15) is 0 Å². The van der Waals surface area contributed by atoms with Crippen molar-refractivity contribution >= 4 is 12.2 Å².